The molecule has 1 fully saturated rings. The number of hydrogen-bond donors (Lipinski definition) is 0. The predicted octanol–water partition coefficient (Wildman–Crippen LogP) is 4.32. The highest BCUT2D eigenvalue weighted by Crippen LogP contribution is 2.35. The van der Waals surface area contributed by atoms with Crippen LogP contribution in [0.4, 0.5) is 0 Å². The van der Waals surface area contributed by atoms with Crippen LogP contribution in [0.5, 0.6) is 0 Å². The van der Waals surface area contributed by atoms with Crippen molar-refractivity contribution in [1.82, 2.24) is 4.90 Å². The minimum absolute atomic E-state index is 0.861. The van der Waals surface area contributed by atoms with Crippen LogP contribution in [0.3, 0.4) is 0 Å². The Morgan fingerprint density at radius 3 is 2.12 bits per heavy atom. The fraction of sp³-hybridized carbons (Fsp3) is 1.00. The van der Waals surface area contributed by atoms with E-state index in [9.17, 15) is 0 Å². The molecule has 0 saturated heterocycles. The lowest BCUT2D eigenvalue weighted by Gasteiger charge is -2.36. The maximum absolute atomic E-state index is 2.42. The van der Waals surface area contributed by atoms with Gasteiger partial charge in [0.2, 0.25) is 0 Å². The summed E-state index contributed by atoms with van der Waals surface area (Å²) < 4.78 is 0. The van der Waals surface area contributed by atoms with Crippen LogP contribution in [0.1, 0.15) is 65.2 Å². The lowest BCUT2D eigenvalue weighted by atomic mass is 9.75. The Hall–Kier alpha value is -0.0400. The molecule has 0 N–H and O–H groups in total. The van der Waals surface area contributed by atoms with Crippen molar-refractivity contribution in [3.05, 3.63) is 0 Å². The van der Waals surface area contributed by atoms with E-state index in [1.165, 1.54) is 51.4 Å². The predicted molar refractivity (Wildman–Crippen MR) is 72.7 cm³/mol. The average Bonchev–Trinajstić information content (AvgIpc) is 2.30. The first-order chi connectivity index (χ1) is 7.69. The summed E-state index contributed by atoms with van der Waals surface area (Å²) >= 11 is 0. The van der Waals surface area contributed by atoms with Crippen molar-refractivity contribution in [2.45, 2.75) is 71.3 Å². The molecule has 1 atom stereocenters. The summed E-state index contributed by atoms with van der Waals surface area (Å²) in [5.74, 6) is 2.05. The molecule has 16 heavy (non-hydrogen) atoms. The normalized spacial score (nSPS) is 28.3. The van der Waals surface area contributed by atoms with Gasteiger partial charge in [0.25, 0.3) is 0 Å². The lowest BCUT2D eigenvalue weighted by Crippen LogP contribution is -2.33. The fourth-order valence-corrected chi connectivity index (χ4v) is 3.33. The molecule has 0 aromatic heterocycles. The summed E-state index contributed by atoms with van der Waals surface area (Å²) in [5, 5.41) is 0. The van der Waals surface area contributed by atoms with E-state index in [1.807, 2.05) is 0 Å². The van der Waals surface area contributed by atoms with Crippen LogP contribution < -0.4 is 0 Å². The third-order valence-corrected chi connectivity index (χ3v) is 4.59. The molecular formula is C15H31N. The SMILES string of the molecule is CCCCC(CC)C1CCC(N(C)C)CC1. The highest BCUT2D eigenvalue weighted by atomic mass is 15.1. The van der Waals surface area contributed by atoms with Crippen LogP contribution in [0.2, 0.25) is 0 Å². The van der Waals surface area contributed by atoms with Gasteiger partial charge in [-0.1, -0.05) is 39.5 Å². The van der Waals surface area contributed by atoms with Crippen molar-refractivity contribution in [3.8, 4) is 0 Å². The van der Waals surface area contributed by atoms with E-state index in [0.29, 0.717) is 0 Å². The molecule has 1 nitrogen and oxygen atoms in total. The van der Waals surface area contributed by atoms with E-state index in [0.717, 1.165) is 17.9 Å². The lowest BCUT2D eigenvalue weighted by molar-refractivity contribution is 0.151. The first-order valence-electron chi connectivity index (χ1n) is 7.35. The molecule has 96 valence electrons. The van der Waals surface area contributed by atoms with Gasteiger partial charge in [-0.15, -0.1) is 0 Å². The standard InChI is InChI=1S/C15H31N/c1-5-7-8-13(6-2)14-9-11-15(12-10-14)16(3)4/h13-15H,5-12H2,1-4H3. The summed E-state index contributed by atoms with van der Waals surface area (Å²) in [6.07, 6.45) is 11.5. The Balaban J connectivity index is 2.32. The van der Waals surface area contributed by atoms with Gasteiger partial charge < -0.3 is 4.90 Å². The molecule has 0 aromatic rings. The van der Waals surface area contributed by atoms with Gasteiger partial charge >= 0.3 is 0 Å². The first kappa shape index (κ1) is 14.0. The topological polar surface area (TPSA) is 3.24 Å². The minimum Gasteiger partial charge on any atom is -0.306 e. The van der Waals surface area contributed by atoms with Gasteiger partial charge in [-0.2, -0.15) is 0 Å². The number of unbranched alkanes of at least 4 members (excludes halogenated alkanes) is 1. The summed E-state index contributed by atoms with van der Waals surface area (Å²) in [5.41, 5.74) is 0. The van der Waals surface area contributed by atoms with Crippen molar-refractivity contribution in [3.63, 3.8) is 0 Å². The van der Waals surface area contributed by atoms with Gasteiger partial charge in [-0.25, -0.2) is 0 Å². The largest absolute Gasteiger partial charge is 0.306 e. The summed E-state index contributed by atoms with van der Waals surface area (Å²) in [6.45, 7) is 4.70. The zero-order valence-electron chi connectivity index (χ0n) is 11.8. The molecule has 0 aromatic carbocycles. The van der Waals surface area contributed by atoms with Gasteiger partial charge in [0.05, 0.1) is 0 Å². The molecule has 1 heteroatoms. The second-order valence-electron chi connectivity index (χ2n) is 5.84. The quantitative estimate of drug-likeness (QED) is 0.650. The Labute approximate surface area is 103 Å². The molecule has 0 spiro atoms. The summed E-state index contributed by atoms with van der Waals surface area (Å²) in [6, 6.07) is 0.861. The molecule has 0 heterocycles. The van der Waals surface area contributed by atoms with Crippen LogP contribution in [-0.2, 0) is 0 Å². The summed E-state index contributed by atoms with van der Waals surface area (Å²) in [7, 11) is 4.47. The fourth-order valence-electron chi connectivity index (χ4n) is 3.33. The van der Waals surface area contributed by atoms with Crippen LogP contribution in [0, 0.1) is 11.8 Å². The highest BCUT2D eigenvalue weighted by Gasteiger charge is 2.26. The number of hydrogen-bond acceptors (Lipinski definition) is 1. The van der Waals surface area contributed by atoms with Crippen molar-refractivity contribution in [1.29, 1.82) is 0 Å². The molecule has 1 saturated carbocycles. The minimum atomic E-state index is 0.861. The van der Waals surface area contributed by atoms with Gasteiger partial charge in [-0.3, -0.25) is 0 Å². The maximum Gasteiger partial charge on any atom is 0.00893 e. The molecular weight excluding hydrogens is 194 g/mol. The van der Waals surface area contributed by atoms with Gasteiger partial charge in [0.15, 0.2) is 0 Å². The van der Waals surface area contributed by atoms with Crippen LogP contribution in [-0.4, -0.2) is 25.0 Å². The Bertz CT molecular complexity index is 168. The van der Waals surface area contributed by atoms with Crippen molar-refractivity contribution >= 4 is 0 Å². The van der Waals surface area contributed by atoms with E-state index in [2.05, 4.69) is 32.8 Å². The molecule has 0 amide bonds. The molecule has 1 rings (SSSR count). The second kappa shape index (κ2) is 7.32. The van der Waals surface area contributed by atoms with Crippen molar-refractivity contribution in [2.24, 2.45) is 11.8 Å². The van der Waals surface area contributed by atoms with E-state index >= 15 is 0 Å². The molecule has 1 aliphatic rings. The zero-order valence-corrected chi connectivity index (χ0v) is 11.8. The van der Waals surface area contributed by atoms with Gasteiger partial charge in [0.1, 0.15) is 0 Å². The Morgan fingerprint density at radius 1 is 1.06 bits per heavy atom. The average molecular weight is 225 g/mol. The summed E-state index contributed by atoms with van der Waals surface area (Å²) in [4.78, 5) is 2.42. The van der Waals surface area contributed by atoms with E-state index in [1.54, 1.807) is 0 Å². The van der Waals surface area contributed by atoms with Crippen LogP contribution in [0.25, 0.3) is 0 Å². The van der Waals surface area contributed by atoms with Gasteiger partial charge in [0, 0.05) is 6.04 Å². The number of nitrogens with zero attached hydrogens (tertiary/aromatic N) is 1. The van der Waals surface area contributed by atoms with Crippen LogP contribution in [0.15, 0.2) is 0 Å². The highest BCUT2D eigenvalue weighted by molar-refractivity contribution is 4.80. The molecule has 0 bridgehead atoms. The smallest absolute Gasteiger partial charge is 0.00893 e. The van der Waals surface area contributed by atoms with E-state index in [-0.39, 0.29) is 0 Å². The second-order valence-corrected chi connectivity index (χ2v) is 5.84. The molecule has 0 aliphatic heterocycles. The molecule has 1 unspecified atom stereocenters. The van der Waals surface area contributed by atoms with Crippen molar-refractivity contribution < 1.29 is 0 Å². The van der Waals surface area contributed by atoms with Crippen molar-refractivity contribution in [2.75, 3.05) is 14.1 Å². The third kappa shape index (κ3) is 4.08. The molecule has 1 aliphatic carbocycles. The Morgan fingerprint density at radius 2 is 1.69 bits per heavy atom. The van der Waals surface area contributed by atoms with Crippen LogP contribution >= 0.6 is 0 Å². The van der Waals surface area contributed by atoms with E-state index < -0.39 is 0 Å². The monoisotopic (exact) mass is 225 g/mol. The third-order valence-electron chi connectivity index (χ3n) is 4.59. The van der Waals surface area contributed by atoms with Gasteiger partial charge in [-0.05, 0) is 51.6 Å². The number of rotatable bonds is 6. The maximum atomic E-state index is 2.42. The molecule has 0 radical (unpaired) electrons. The zero-order chi connectivity index (χ0) is 12.0. The first-order valence-corrected chi connectivity index (χ1v) is 7.35. The van der Waals surface area contributed by atoms with E-state index in [4.69, 9.17) is 0 Å². The Kier molecular flexibility index (Phi) is 6.41.